The molecule has 0 amide bonds. The average Bonchev–Trinajstić information content (AvgIpc) is 2.28. The number of halogens is 1. The van der Waals surface area contributed by atoms with Gasteiger partial charge in [-0.15, -0.1) is 0 Å². The molecule has 0 aromatic heterocycles. The van der Waals surface area contributed by atoms with Crippen LogP contribution in [0.2, 0.25) is 5.02 Å². The van der Waals surface area contributed by atoms with Crippen LogP contribution in [0.25, 0.3) is 0 Å². The van der Waals surface area contributed by atoms with E-state index in [2.05, 4.69) is 11.8 Å². The van der Waals surface area contributed by atoms with E-state index in [1.165, 1.54) is 0 Å². The van der Waals surface area contributed by atoms with Gasteiger partial charge in [0.2, 0.25) is 0 Å². The van der Waals surface area contributed by atoms with Gasteiger partial charge in [-0.25, -0.2) is 4.79 Å². The molecule has 1 atom stereocenters. The van der Waals surface area contributed by atoms with Crippen molar-refractivity contribution >= 4 is 17.6 Å². The number of benzene rings is 1. The highest BCUT2D eigenvalue weighted by atomic mass is 35.5. The van der Waals surface area contributed by atoms with Crippen LogP contribution in [0.15, 0.2) is 24.3 Å². The lowest BCUT2D eigenvalue weighted by molar-refractivity contribution is -0.159. The summed E-state index contributed by atoms with van der Waals surface area (Å²) in [6, 6.07) is 7.06. The molecule has 1 unspecified atom stereocenters. The monoisotopic (exact) mass is 280 g/mol. The Labute approximate surface area is 118 Å². The zero-order valence-electron chi connectivity index (χ0n) is 11.2. The number of rotatable bonds is 3. The molecule has 0 saturated carbocycles. The van der Waals surface area contributed by atoms with Gasteiger partial charge >= 0.3 is 5.97 Å². The van der Waals surface area contributed by atoms with Gasteiger partial charge in [0, 0.05) is 17.0 Å². The standard InChI is InChI=1S/C15H17ClO3/c1-15(2,3)19-13(14(17)18)6-4-5-11-7-9-12(16)10-8-11/h7-10,13H,6H2,1-3H3,(H,17,18). The van der Waals surface area contributed by atoms with Gasteiger partial charge in [-0.2, -0.15) is 0 Å². The zero-order valence-corrected chi connectivity index (χ0v) is 12.0. The van der Waals surface area contributed by atoms with Crippen molar-refractivity contribution in [3.8, 4) is 11.8 Å². The molecule has 0 fully saturated rings. The topological polar surface area (TPSA) is 46.5 Å². The maximum atomic E-state index is 11.1. The van der Waals surface area contributed by atoms with Crippen LogP contribution in [-0.4, -0.2) is 22.8 Å². The molecule has 1 aromatic carbocycles. The van der Waals surface area contributed by atoms with Crippen LogP contribution in [0.1, 0.15) is 32.8 Å². The Kier molecular flexibility index (Phi) is 5.41. The first-order chi connectivity index (χ1) is 8.78. The van der Waals surface area contributed by atoms with Crippen LogP contribution in [-0.2, 0) is 9.53 Å². The summed E-state index contributed by atoms with van der Waals surface area (Å²) >= 11 is 5.76. The smallest absolute Gasteiger partial charge is 0.333 e. The van der Waals surface area contributed by atoms with E-state index in [-0.39, 0.29) is 6.42 Å². The quantitative estimate of drug-likeness (QED) is 0.864. The molecule has 19 heavy (non-hydrogen) atoms. The molecule has 1 rings (SSSR count). The van der Waals surface area contributed by atoms with Crippen molar-refractivity contribution in [2.45, 2.75) is 38.9 Å². The van der Waals surface area contributed by atoms with E-state index >= 15 is 0 Å². The predicted molar refractivity (Wildman–Crippen MR) is 75.2 cm³/mol. The molecule has 0 aliphatic carbocycles. The van der Waals surface area contributed by atoms with Crippen molar-refractivity contribution < 1.29 is 14.6 Å². The van der Waals surface area contributed by atoms with Gasteiger partial charge in [-0.3, -0.25) is 0 Å². The zero-order chi connectivity index (χ0) is 14.5. The number of hydrogen-bond donors (Lipinski definition) is 1. The molecular formula is C15H17ClO3. The fourth-order valence-corrected chi connectivity index (χ4v) is 1.51. The largest absolute Gasteiger partial charge is 0.479 e. The summed E-state index contributed by atoms with van der Waals surface area (Å²) in [6.45, 7) is 5.45. The van der Waals surface area contributed by atoms with Gasteiger partial charge in [-0.1, -0.05) is 23.4 Å². The molecule has 0 saturated heterocycles. The molecular weight excluding hydrogens is 264 g/mol. The van der Waals surface area contributed by atoms with Crippen molar-refractivity contribution in [3.05, 3.63) is 34.9 Å². The van der Waals surface area contributed by atoms with Crippen molar-refractivity contribution in [3.63, 3.8) is 0 Å². The number of hydrogen-bond acceptors (Lipinski definition) is 2. The van der Waals surface area contributed by atoms with Gasteiger partial charge in [0.25, 0.3) is 0 Å². The summed E-state index contributed by atoms with van der Waals surface area (Å²) in [5.74, 6) is 4.72. The van der Waals surface area contributed by atoms with Crippen LogP contribution < -0.4 is 0 Å². The highest BCUT2D eigenvalue weighted by Gasteiger charge is 2.23. The minimum absolute atomic E-state index is 0.148. The minimum atomic E-state index is -1.000. The second-order valence-electron chi connectivity index (χ2n) is 5.07. The maximum absolute atomic E-state index is 11.1. The van der Waals surface area contributed by atoms with Gasteiger partial charge in [0.1, 0.15) is 0 Å². The first-order valence-electron chi connectivity index (χ1n) is 5.93. The number of carboxylic acids is 1. The van der Waals surface area contributed by atoms with Gasteiger partial charge in [0.15, 0.2) is 6.10 Å². The normalized spacial score (nSPS) is 12.4. The van der Waals surface area contributed by atoms with Crippen LogP contribution in [0.5, 0.6) is 0 Å². The second-order valence-corrected chi connectivity index (χ2v) is 5.51. The van der Waals surface area contributed by atoms with Crippen LogP contribution in [0.4, 0.5) is 0 Å². The van der Waals surface area contributed by atoms with Crippen molar-refractivity contribution in [1.29, 1.82) is 0 Å². The van der Waals surface area contributed by atoms with E-state index in [0.717, 1.165) is 5.56 Å². The van der Waals surface area contributed by atoms with Crippen LogP contribution in [0, 0.1) is 11.8 Å². The summed E-state index contributed by atoms with van der Waals surface area (Å²) in [5.41, 5.74) is 0.287. The Morgan fingerprint density at radius 2 is 1.95 bits per heavy atom. The molecule has 4 heteroatoms. The second kappa shape index (κ2) is 6.60. The fourth-order valence-electron chi connectivity index (χ4n) is 1.39. The Balaban J connectivity index is 2.67. The Bertz CT molecular complexity index is 489. The molecule has 0 radical (unpaired) electrons. The lowest BCUT2D eigenvalue weighted by Crippen LogP contribution is -2.32. The molecule has 1 N–H and O–H groups in total. The Hall–Kier alpha value is -1.50. The first-order valence-corrected chi connectivity index (χ1v) is 6.31. The van der Waals surface area contributed by atoms with E-state index in [9.17, 15) is 4.79 Å². The first kappa shape index (κ1) is 15.6. The number of carboxylic acid groups (broad SMARTS) is 1. The summed E-state index contributed by atoms with van der Waals surface area (Å²) in [7, 11) is 0. The third-order valence-corrected chi connectivity index (χ3v) is 2.39. The summed E-state index contributed by atoms with van der Waals surface area (Å²) in [5, 5.41) is 9.70. The summed E-state index contributed by atoms with van der Waals surface area (Å²) in [4.78, 5) is 11.1. The SMILES string of the molecule is CC(C)(C)OC(CC#Cc1ccc(Cl)cc1)C(=O)O. The summed E-state index contributed by atoms with van der Waals surface area (Å²) < 4.78 is 5.43. The van der Waals surface area contributed by atoms with Crippen LogP contribution in [0.3, 0.4) is 0 Å². The molecule has 0 bridgehead atoms. The minimum Gasteiger partial charge on any atom is -0.479 e. The van der Waals surface area contributed by atoms with Crippen LogP contribution >= 0.6 is 11.6 Å². The van der Waals surface area contributed by atoms with E-state index in [1.54, 1.807) is 24.3 Å². The molecule has 1 aromatic rings. The summed E-state index contributed by atoms with van der Waals surface area (Å²) in [6.07, 6.45) is -0.769. The van der Waals surface area contributed by atoms with Gasteiger partial charge in [-0.05, 0) is 45.0 Å². The Morgan fingerprint density at radius 3 is 2.42 bits per heavy atom. The highest BCUT2D eigenvalue weighted by molar-refractivity contribution is 6.30. The van der Waals surface area contributed by atoms with Crippen molar-refractivity contribution in [2.24, 2.45) is 0 Å². The molecule has 0 aliphatic heterocycles. The molecule has 0 heterocycles. The van der Waals surface area contributed by atoms with Crippen molar-refractivity contribution in [1.82, 2.24) is 0 Å². The third kappa shape index (κ3) is 6.28. The van der Waals surface area contributed by atoms with Gasteiger partial charge < -0.3 is 9.84 Å². The highest BCUT2D eigenvalue weighted by Crippen LogP contribution is 2.13. The third-order valence-electron chi connectivity index (χ3n) is 2.14. The van der Waals surface area contributed by atoms with E-state index < -0.39 is 17.7 Å². The fraction of sp³-hybridized carbons (Fsp3) is 0.400. The van der Waals surface area contributed by atoms with E-state index in [4.69, 9.17) is 21.4 Å². The maximum Gasteiger partial charge on any atom is 0.333 e. The van der Waals surface area contributed by atoms with E-state index in [1.807, 2.05) is 20.8 Å². The molecule has 102 valence electrons. The van der Waals surface area contributed by atoms with Gasteiger partial charge in [0.05, 0.1) is 5.60 Å². The number of ether oxygens (including phenoxy) is 1. The number of carbonyl (C=O) groups is 1. The number of aliphatic carboxylic acids is 1. The molecule has 0 aliphatic rings. The molecule has 0 spiro atoms. The van der Waals surface area contributed by atoms with E-state index in [0.29, 0.717) is 5.02 Å². The Morgan fingerprint density at radius 1 is 1.37 bits per heavy atom. The predicted octanol–water partition coefficient (Wildman–Crippen LogP) is 3.35. The lowest BCUT2D eigenvalue weighted by Gasteiger charge is -2.23. The molecule has 3 nitrogen and oxygen atoms in total. The average molecular weight is 281 g/mol. The lowest BCUT2D eigenvalue weighted by atomic mass is 10.1. The van der Waals surface area contributed by atoms with Crippen molar-refractivity contribution in [2.75, 3.05) is 0 Å².